The molecule has 0 spiro atoms. The Kier molecular flexibility index (Phi) is 7.81. The number of hydrogen-bond acceptors (Lipinski definition) is 4. The number of unbranched alkanes of at least 4 members (excludes halogenated alkanes) is 3. The van der Waals surface area contributed by atoms with Crippen LogP contribution in [0.3, 0.4) is 0 Å². The van der Waals surface area contributed by atoms with Gasteiger partial charge in [0.05, 0.1) is 0 Å². The van der Waals surface area contributed by atoms with Crippen LogP contribution in [0.25, 0.3) is 0 Å². The van der Waals surface area contributed by atoms with E-state index in [1.54, 1.807) is 0 Å². The lowest BCUT2D eigenvalue weighted by Crippen LogP contribution is -2.29. The van der Waals surface area contributed by atoms with Crippen molar-refractivity contribution in [1.82, 2.24) is 5.32 Å². The van der Waals surface area contributed by atoms with E-state index in [0.29, 0.717) is 0 Å². The summed E-state index contributed by atoms with van der Waals surface area (Å²) in [6.45, 7) is 5.16. The molecule has 106 valence electrons. The van der Waals surface area contributed by atoms with E-state index in [1.165, 1.54) is 19.3 Å². The van der Waals surface area contributed by atoms with Crippen molar-refractivity contribution in [2.45, 2.75) is 77.5 Å². The molecule has 2 unspecified atom stereocenters. The molecule has 0 aliphatic carbocycles. The molecule has 0 aromatic heterocycles. The molecule has 1 aliphatic rings. The van der Waals surface area contributed by atoms with Gasteiger partial charge in [0.1, 0.15) is 6.10 Å². The molecule has 0 saturated carbocycles. The van der Waals surface area contributed by atoms with Gasteiger partial charge in [-0.15, -0.1) is 0 Å². The third kappa shape index (κ3) is 6.24. The first-order valence-corrected chi connectivity index (χ1v) is 7.36. The highest BCUT2D eigenvalue weighted by atomic mass is 16.7. The van der Waals surface area contributed by atoms with E-state index >= 15 is 0 Å². The summed E-state index contributed by atoms with van der Waals surface area (Å²) < 4.78 is 10.5. The highest BCUT2D eigenvalue weighted by Gasteiger charge is 2.21. The first-order valence-electron chi connectivity index (χ1n) is 7.36. The lowest BCUT2D eigenvalue weighted by molar-refractivity contribution is -0.00879. The van der Waals surface area contributed by atoms with E-state index < -0.39 is 6.16 Å². The van der Waals surface area contributed by atoms with Crippen LogP contribution >= 0.6 is 0 Å². The van der Waals surface area contributed by atoms with E-state index in [2.05, 4.69) is 12.2 Å². The van der Waals surface area contributed by atoms with Gasteiger partial charge in [-0.25, -0.2) is 4.79 Å². The topological polar surface area (TPSA) is 47.6 Å². The number of carbonyl (C=O) groups excluding carboxylic acids is 1. The van der Waals surface area contributed by atoms with Gasteiger partial charge >= 0.3 is 6.16 Å². The molecular weight excluding hydrogens is 230 g/mol. The van der Waals surface area contributed by atoms with Crippen molar-refractivity contribution in [3.8, 4) is 0 Å². The predicted octanol–water partition coefficient (Wildman–Crippen LogP) is 3.60. The van der Waals surface area contributed by atoms with Crippen LogP contribution in [0, 0.1) is 0 Å². The minimum atomic E-state index is -0.517. The minimum Gasteiger partial charge on any atom is -0.431 e. The van der Waals surface area contributed by atoms with Gasteiger partial charge in [-0.1, -0.05) is 33.1 Å². The van der Waals surface area contributed by atoms with E-state index in [0.717, 1.165) is 38.6 Å². The lowest BCUT2D eigenvalue weighted by Gasteiger charge is -2.18. The molecule has 1 aliphatic heterocycles. The molecule has 4 heteroatoms. The molecule has 0 bridgehead atoms. The SMILES string of the molecule is CCCCCCC(CC)OC(=O)OC1CCCN1. The Morgan fingerprint density at radius 3 is 2.78 bits per heavy atom. The zero-order valence-electron chi connectivity index (χ0n) is 11.7. The molecule has 1 N–H and O–H groups in total. The Morgan fingerprint density at radius 1 is 1.33 bits per heavy atom. The van der Waals surface area contributed by atoms with Crippen molar-refractivity contribution in [3.63, 3.8) is 0 Å². The van der Waals surface area contributed by atoms with Crippen molar-refractivity contribution in [3.05, 3.63) is 0 Å². The average Bonchev–Trinajstić information content (AvgIpc) is 2.85. The van der Waals surface area contributed by atoms with Crippen LogP contribution < -0.4 is 5.32 Å². The van der Waals surface area contributed by atoms with Crippen molar-refractivity contribution < 1.29 is 14.3 Å². The zero-order valence-corrected chi connectivity index (χ0v) is 11.7. The molecule has 2 atom stereocenters. The van der Waals surface area contributed by atoms with E-state index in [9.17, 15) is 4.79 Å². The Labute approximate surface area is 110 Å². The summed E-state index contributed by atoms with van der Waals surface area (Å²) >= 11 is 0. The van der Waals surface area contributed by atoms with Gasteiger partial charge in [0, 0.05) is 0 Å². The van der Waals surface area contributed by atoms with Crippen LogP contribution in [-0.4, -0.2) is 25.0 Å². The van der Waals surface area contributed by atoms with Crippen LogP contribution in [-0.2, 0) is 9.47 Å². The van der Waals surface area contributed by atoms with Gasteiger partial charge < -0.3 is 9.47 Å². The number of nitrogens with one attached hydrogen (secondary N) is 1. The molecule has 1 saturated heterocycles. The second-order valence-electron chi connectivity index (χ2n) is 4.95. The summed E-state index contributed by atoms with van der Waals surface area (Å²) in [6.07, 6.45) is 7.94. The molecule has 0 aromatic carbocycles. The summed E-state index contributed by atoms with van der Waals surface area (Å²) in [7, 11) is 0. The van der Waals surface area contributed by atoms with Gasteiger partial charge in [-0.2, -0.15) is 0 Å². The largest absolute Gasteiger partial charge is 0.510 e. The van der Waals surface area contributed by atoms with Gasteiger partial charge in [-0.3, -0.25) is 5.32 Å². The quantitative estimate of drug-likeness (QED) is 0.533. The number of hydrogen-bond donors (Lipinski definition) is 1. The number of rotatable bonds is 8. The summed E-state index contributed by atoms with van der Waals surface area (Å²) in [5, 5.41) is 3.12. The first-order chi connectivity index (χ1) is 8.76. The van der Waals surface area contributed by atoms with Gasteiger partial charge in [0.25, 0.3) is 0 Å². The first kappa shape index (κ1) is 15.3. The fourth-order valence-electron chi connectivity index (χ4n) is 2.18. The standard InChI is InChI=1S/C14H27NO3/c1-3-5-6-7-9-12(4-2)17-14(16)18-13-10-8-11-15-13/h12-13,15H,3-11H2,1-2H3. The van der Waals surface area contributed by atoms with E-state index in [-0.39, 0.29) is 12.3 Å². The molecule has 0 amide bonds. The maximum Gasteiger partial charge on any atom is 0.510 e. The third-order valence-corrected chi connectivity index (χ3v) is 3.35. The van der Waals surface area contributed by atoms with Crippen LogP contribution in [0.5, 0.6) is 0 Å². The Hall–Kier alpha value is -0.770. The van der Waals surface area contributed by atoms with Crippen molar-refractivity contribution in [2.75, 3.05) is 6.54 Å². The monoisotopic (exact) mass is 257 g/mol. The van der Waals surface area contributed by atoms with Gasteiger partial charge in [-0.05, 0) is 38.6 Å². The summed E-state index contributed by atoms with van der Waals surface area (Å²) in [6, 6.07) is 0. The van der Waals surface area contributed by atoms with Crippen LogP contribution in [0.2, 0.25) is 0 Å². The molecule has 0 aromatic rings. The van der Waals surface area contributed by atoms with Gasteiger partial charge in [0.2, 0.25) is 0 Å². The second kappa shape index (κ2) is 9.20. The molecule has 1 fully saturated rings. The highest BCUT2D eigenvalue weighted by Crippen LogP contribution is 2.13. The fourth-order valence-corrected chi connectivity index (χ4v) is 2.18. The highest BCUT2D eigenvalue weighted by molar-refractivity contribution is 5.60. The normalized spacial score (nSPS) is 20.7. The molecule has 1 heterocycles. The molecular formula is C14H27NO3. The van der Waals surface area contributed by atoms with Crippen LogP contribution in [0.15, 0.2) is 0 Å². The Balaban J connectivity index is 2.13. The minimum absolute atomic E-state index is 0.00996. The van der Waals surface area contributed by atoms with Crippen LogP contribution in [0.4, 0.5) is 4.79 Å². The lowest BCUT2D eigenvalue weighted by atomic mass is 10.1. The van der Waals surface area contributed by atoms with Crippen molar-refractivity contribution >= 4 is 6.16 Å². The van der Waals surface area contributed by atoms with E-state index in [1.807, 2.05) is 6.92 Å². The summed E-state index contributed by atoms with van der Waals surface area (Å²) in [4.78, 5) is 11.6. The number of ether oxygens (including phenoxy) is 2. The molecule has 4 nitrogen and oxygen atoms in total. The molecule has 18 heavy (non-hydrogen) atoms. The smallest absolute Gasteiger partial charge is 0.431 e. The summed E-state index contributed by atoms with van der Waals surface area (Å²) in [5.41, 5.74) is 0. The maximum absolute atomic E-state index is 11.6. The maximum atomic E-state index is 11.6. The van der Waals surface area contributed by atoms with E-state index in [4.69, 9.17) is 9.47 Å². The van der Waals surface area contributed by atoms with Crippen molar-refractivity contribution in [1.29, 1.82) is 0 Å². The third-order valence-electron chi connectivity index (χ3n) is 3.35. The molecule has 0 radical (unpaired) electrons. The summed E-state index contributed by atoms with van der Waals surface area (Å²) in [5.74, 6) is 0. The average molecular weight is 257 g/mol. The van der Waals surface area contributed by atoms with Gasteiger partial charge in [0.15, 0.2) is 6.23 Å². The predicted molar refractivity (Wildman–Crippen MR) is 71.4 cm³/mol. The van der Waals surface area contributed by atoms with Crippen LogP contribution in [0.1, 0.15) is 65.2 Å². The van der Waals surface area contributed by atoms with Crippen molar-refractivity contribution in [2.24, 2.45) is 0 Å². The Morgan fingerprint density at radius 2 is 2.17 bits per heavy atom. The Bertz CT molecular complexity index is 227. The number of carbonyl (C=O) groups is 1. The zero-order chi connectivity index (χ0) is 13.2. The molecule has 1 rings (SSSR count). The second-order valence-corrected chi connectivity index (χ2v) is 4.95. The fraction of sp³-hybridized carbons (Fsp3) is 0.929.